The van der Waals surface area contributed by atoms with Crippen LogP contribution in [-0.2, 0) is 11.3 Å². The molecule has 1 aliphatic rings. The third-order valence-corrected chi connectivity index (χ3v) is 4.74. The van der Waals surface area contributed by atoms with Crippen molar-refractivity contribution in [2.45, 2.75) is 18.6 Å². The molecule has 1 aromatic heterocycles. The number of nitrogens with zero attached hydrogens (tertiary/aromatic N) is 2. The molecule has 1 fully saturated rings. The maximum atomic E-state index is 12.6. The van der Waals surface area contributed by atoms with Crippen molar-refractivity contribution in [3.8, 4) is 0 Å². The molecule has 0 spiro atoms. The lowest BCUT2D eigenvalue weighted by Crippen LogP contribution is -2.32. The number of aromatic nitrogens is 1. The van der Waals surface area contributed by atoms with Crippen LogP contribution >= 0.6 is 11.3 Å². The fourth-order valence-electron chi connectivity index (χ4n) is 2.81. The summed E-state index contributed by atoms with van der Waals surface area (Å²) in [5.74, 6) is 0.134. The summed E-state index contributed by atoms with van der Waals surface area (Å²) in [5, 5.41) is 2.60. The van der Waals surface area contributed by atoms with Gasteiger partial charge in [-0.15, -0.1) is 11.3 Å². The monoisotopic (exact) mass is 317 g/mol. The van der Waals surface area contributed by atoms with Crippen LogP contribution in [-0.4, -0.2) is 42.0 Å². The number of likely N-dealkylation sites (tertiary alicyclic amines) is 1. The first-order valence-electron chi connectivity index (χ1n) is 7.22. The van der Waals surface area contributed by atoms with E-state index >= 15 is 0 Å². The predicted octanol–water partition coefficient (Wildman–Crippen LogP) is 1.86. The minimum atomic E-state index is -0.0486. The number of thiazole rings is 1. The summed E-state index contributed by atoms with van der Waals surface area (Å²) in [6, 6.07) is 10.1. The Bertz CT molecular complexity index is 644. The molecule has 1 aromatic carbocycles. The second kappa shape index (κ2) is 6.56. The van der Waals surface area contributed by atoms with Gasteiger partial charge in [0.1, 0.15) is 10.7 Å². The summed E-state index contributed by atoms with van der Waals surface area (Å²) in [4.78, 5) is 18.7. The first-order valence-corrected chi connectivity index (χ1v) is 8.10. The molecule has 2 atom stereocenters. The quantitative estimate of drug-likeness (QED) is 0.934. The highest BCUT2D eigenvalue weighted by Crippen LogP contribution is 2.27. The van der Waals surface area contributed by atoms with E-state index in [-0.39, 0.29) is 17.9 Å². The molecule has 0 aliphatic carbocycles. The Kier molecular flexibility index (Phi) is 4.52. The predicted molar refractivity (Wildman–Crippen MR) is 85.9 cm³/mol. The van der Waals surface area contributed by atoms with E-state index < -0.39 is 0 Å². The Morgan fingerprint density at radius 3 is 2.91 bits per heavy atom. The number of nitrogens with two attached hydrogens (primary N) is 1. The highest BCUT2D eigenvalue weighted by Gasteiger charge is 2.34. The van der Waals surface area contributed by atoms with Crippen LogP contribution in [0.15, 0.2) is 35.7 Å². The number of ether oxygens (including phenoxy) is 1. The van der Waals surface area contributed by atoms with Gasteiger partial charge in [0, 0.05) is 37.5 Å². The zero-order chi connectivity index (χ0) is 15.5. The van der Waals surface area contributed by atoms with E-state index in [0.29, 0.717) is 25.4 Å². The van der Waals surface area contributed by atoms with Gasteiger partial charge in [-0.05, 0) is 5.56 Å². The molecular formula is C16H19N3O2S. The van der Waals surface area contributed by atoms with Crippen molar-refractivity contribution in [2.24, 2.45) is 5.73 Å². The lowest BCUT2D eigenvalue weighted by Gasteiger charge is -2.15. The number of hydrogen-bond acceptors (Lipinski definition) is 5. The van der Waals surface area contributed by atoms with Crippen molar-refractivity contribution < 1.29 is 9.53 Å². The summed E-state index contributed by atoms with van der Waals surface area (Å²) < 4.78 is 5.04. The van der Waals surface area contributed by atoms with Gasteiger partial charge in [0.2, 0.25) is 0 Å². The molecule has 6 heteroatoms. The number of amides is 1. The third-order valence-electron chi connectivity index (χ3n) is 3.92. The number of methoxy groups -OCH3 is 1. The molecule has 2 heterocycles. The second-order valence-corrected chi connectivity index (χ2v) is 6.39. The van der Waals surface area contributed by atoms with Crippen LogP contribution < -0.4 is 5.73 Å². The lowest BCUT2D eigenvalue weighted by molar-refractivity contribution is 0.0783. The van der Waals surface area contributed by atoms with Gasteiger partial charge in [-0.3, -0.25) is 4.79 Å². The molecule has 2 aromatic rings. The van der Waals surface area contributed by atoms with Crippen LogP contribution in [0.25, 0.3) is 0 Å². The summed E-state index contributed by atoms with van der Waals surface area (Å²) >= 11 is 1.44. The molecule has 2 N–H and O–H groups in total. The molecule has 1 aliphatic heterocycles. The molecule has 0 radical (unpaired) electrons. The number of benzene rings is 1. The van der Waals surface area contributed by atoms with Gasteiger partial charge in [0.05, 0.1) is 6.61 Å². The van der Waals surface area contributed by atoms with Gasteiger partial charge >= 0.3 is 0 Å². The van der Waals surface area contributed by atoms with E-state index in [1.54, 1.807) is 17.4 Å². The van der Waals surface area contributed by atoms with Crippen molar-refractivity contribution in [1.82, 2.24) is 9.88 Å². The molecular weight excluding hydrogens is 298 g/mol. The zero-order valence-corrected chi connectivity index (χ0v) is 13.3. The van der Waals surface area contributed by atoms with Crippen LogP contribution in [0.2, 0.25) is 0 Å². The Labute approximate surface area is 133 Å². The molecule has 1 amide bonds. The SMILES string of the molecule is COCc1nc(C(=O)N2C[C@@H](N)[C@H](c3ccccc3)C2)cs1. The van der Waals surface area contributed by atoms with E-state index in [4.69, 9.17) is 10.5 Å². The van der Waals surface area contributed by atoms with E-state index in [1.165, 1.54) is 16.9 Å². The van der Waals surface area contributed by atoms with Crippen LogP contribution in [0.4, 0.5) is 0 Å². The fourth-order valence-corrected chi connectivity index (χ4v) is 3.55. The van der Waals surface area contributed by atoms with Gasteiger partial charge in [0.15, 0.2) is 0 Å². The van der Waals surface area contributed by atoms with Crippen LogP contribution in [0, 0.1) is 0 Å². The maximum Gasteiger partial charge on any atom is 0.273 e. The van der Waals surface area contributed by atoms with Crippen LogP contribution in [0.5, 0.6) is 0 Å². The standard InChI is InChI=1S/C16H19N3O2S/c1-21-9-15-18-14(10-22-15)16(20)19-7-12(13(17)8-19)11-5-3-2-4-6-11/h2-6,10,12-13H,7-9,17H2,1H3/t12-,13+/m0/s1. The minimum Gasteiger partial charge on any atom is -0.378 e. The first-order chi connectivity index (χ1) is 10.7. The number of rotatable bonds is 4. The summed E-state index contributed by atoms with van der Waals surface area (Å²) in [6.45, 7) is 1.64. The lowest BCUT2D eigenvalue weighted by atomic mass is 9.95. The molecule has 0 unspecified atom stereocenters. The largest absolute Gasteiger partial charge is 0.378 e. The number of carbonyl (C=O) groups is 1. The number of carbonyl (C=O) groups excluding carboxylic acids is 1. The van der Waals surface area contributed by atoms with Gasteiger partial charge in [-0.2, -0.15) is 0 Å². The van der Waals surface area contributed by atoms with Crippen molar-refractivity contribution in [2.75, 3.05) is 20.2 Å². The second-order valence-electron chi connectivity index (χ2n) is 5.45. The maximum absolute atomic E-state index is 12.6. The smallest absolute Gasteiger partial charge is 0.273 e. The molecule has 5 nitrogen and oxygen atoms in total. The first kappa shape index (κ1) is 15.1. The normalized spacial score (nSPS) is 21.3. The summed E-state index contributed by atoms with van der Waals surface area (Å²) in [6.07, 6.45) is 0. The molecule has 116 valence electrons. The Morgan fingerprint density at radius 2 is 2.18 bits per heavy atom. The van der Waals surface area contributed by atoms with Crippen LogP contribution in [0.1, 0.15) is 27.0 Å². The highest BCUT2D eigenvalue weighted by molar-refractivity contribution is 7.09. The van der Waals surface area contributed by atoms with Crippen molar-refractivity contribution in [3.05, 3.63) is 52.0 Å². The van der Waals surface area contributed by atoms with Gasteiger partial charge < -0.3 is 15.4 Å². The fraction of sp³-hybridized carbons (Fsp3) is 0.375. The van der Waals surface area contributed by atoms with Gasteiger partial charge in [0.25, 0.3) is 5.91 Å². The Hall–Kier alpha value is -1.76. The van der Waals surface area contributed by atoms with Crippen molar-refractivity contribution >= 4 is 17.2 Å². The average molecular weight is 317 g/mol. The number of hydrogen-bond donors (Lipinski definition) is 1. The van der Waals surface area contributed by atoms with Gasteiger partial charge in [-0.25, -0.2) is 4.98 Å². The van der Waals surface area contributed by atoms with E-state index in [2.05, 4.69) is 17.1 Å². The van der Waals surface area contributed by atoms with Gasteiger partial charge in [-0.1, -0.05) is 30.3 Å². The Balaban J connectivity index is 1.72. The zero-order valence-electron chi connectivity index (χ0n) is 12.4. The van der Waals surface area contributed by atoms with Crippen molar-refractivity contribution in [3.63, 3.8) is 0 Å². The minimum absolute atomic E-state index is 0.0385. The highest BCUT2D eigenvalue weighted by atomic mass is 32.1. The van der Waals surface area contributed by atoms with Crippen LogP contribution in [0.3, 0.4) is 0 Å². The molecule has 0 saturated carbocycles. The summed E-state index contributed by atoms with van der Waals surface area (Å²) in [7, 11) is 1.62. The van der Waals surface area contributed by atoms with E-state index in [1.807, 2.05) is 18.2 Å². The molecule has 3 rings (SSSR count). The molecule has 22 heavy (non-hydrogen) atoms. The molecule has 0 bridgehead atoms. The third kappa shape index (κ3) is 3.04. The van der Waals surface area contributed by atoms with E-state index in [0.717, 1.165) is 5.01 Å². The molecule has 1 saturated heterocycles. The topological polar surface area (TPSA) is 68.5 Å². The Morgan fingerprint density at radius 1 is 1.41 bits per heavy atom. The van der Waals surface area contributed by atoms with E-state index in [9.17, 15) is 4.79 Å². The average Bonchev–Trinajstić information content (AvgIpc) is 3.15. The summed E-state index contributed by atoms with van der Waals surface area (Å²) in [5.41, 5.74) is 7.91. The van der Waals surface area contributed by atoms with Crippen molar-refractivity contribution in [1.29, 1.82) is 0 Å².